The molecule has 0 fully saturated rings. The van der Waals surface area contributed by atoms with E-state index in [-0.39, 0.29) is 17.5 Å². The van der Waals surface area contributed by atoms with E-state index in [4.69, 9.17) is 0 Å². The fourth-order valence-corrected chi connectivity index (χ4v) is 0.806. The second-order valence-corrected chi connectivity index (χ2v) is 3.35. The summed E-state index contributed by atoms with van der Waals surface area (Å²) >= 11 is 0. The van der Waals surface area contributed by atoms with Crippen molar-refractivity contribution in [1.29, 1.82) is 0 Å². The van der Waals surface area contributed by atoms with Crippen molar-refractivity contribution in [2.75, 3.05) is 5.32 Å². The van der Waals surface area contributed by atoms with Crippen molar-refractivity contribution in [3.8, 4) is 0 Å². The molecule has 0 saturated carbocycles. The quantitative estimate of drug-likeness (QED) is 0.882. The number of anilines is 1. The molecule has 5 nitrogen and oxygen atoms in total. The molecule has 0 aliphatic heterocycles. The molecule has 0 aromatic carbocycles. The number of hydrogen-bond acceptors (Lipinski definition) is 3. The lowest BCUT2D eigenvalue weighted by molar-refractivity contribution is -0.118. The van der Waals surface area contributed by atoms with Crippen molar-refractivity contribution < 1.29 is 4.79 Å². The molecular formula is C13H25N3O2. The van der Waals surface area contributed by atoms with Gasteiger partial charge in [-0.3, -0.25) is 4.79 Å². The van der Waals surface area contributed by atoms with Crippen LogP contribution in [0.2, 0.25) is 0 Å². The van der Waals surface area contributed by atoms with Gasteiger partial charge >= 0.3 is 5.69 Å². The summed E-state index contributed by atoms with van der Waals surface area (Å²) in [5.74, 6) is 0.0263. The van der Waals surface area contributed by atoms with Gasteiger partial charge in [0.2, 0.25) is 5.91 Å². The zero-order valence-electron chi connectivity index (χ0n) is 12.4. The maximum Gasteiger partial charge on any atom is 0.349 e. The number of carbonyl (C=O) groups is 1. The summed E-state index contributed by atoms with van der Waals surface area (Å²) in [5.41, 5.74) is -0.383. The molecule has 0 aliphatic carbocycles. The molecule has 1 aromatic rings. The summed E-state index contributed by atoms with van der Waals surface area (Å²) < 4.78 is 1.34. The Bertz CT molecular complexity index is 397. The first-order chi connectivity index (χ1) is 8.50. The number of nitrogens with zero attached hydrogens (tertiary/aromatic N) is 2. The lowest BCUT2D eigenvalue weighted by atomic mass is 10.2. The molecule has 0 unspecified atom stereocenters. The number of amides is 1. The maximum atomic E-state index is 11.2. The van der Waals surface area contributed by atoms with Gasteiger partial charge in [0.05, 0.1) is 0 Å². The van der Waals surface area contributed by atoms with E-state index >= 15 is 0 Å². The first-order valence-electron chi connectivity index (χ1n) is 6.35. The molecule has 104 valence electrons. The van der Waals surface area contributed by atoms with E-state index < -0.39 is 0 Å². The van der Waals surface area contributed by atoms with Gasteiger partial charge in [0.25, 0.3) is 0 Å². The van der Waals surface area contributed by atoms with Crippen LogP contribution < -0.4 is 11.0 Å². The molecule has 1 N–H and O–H groups in total. The molecule has 5 heteroatoms. The van der Waals surface area contributed by atoms with Gasteiger partial charge in [-0.2, -0.15) is 4.98 Å². The zero-order chi connectivity index (χ0) is 14.7. The summed E-state index contributed by atoms with van der Waals surface area (Å²) in [5, 5.41) is 2.55. The van der Waals surface area contributed by atoms with E-state index in [1.165, 1.54) is 4.57 Å². The van der Waals surface area contributed by atoms with Gasteiger partial charge in [0.15, 0.2) is 0 Å². The van der Waals surface area contributed by atoms with Gasteiger partial charge in [-0.1, -0.05) is 41.5 Å². The molecule has 1 aromatic heterocycles. The standard InChI is InChI=1S/C9H13N3O2.2C2H6/c1-6(2)8(13)10-7-4-5-12(3)9(14)11-7;2*1-2/h4-6H,1-3H3,(H,10,11,13,14);2*1-2H3. The highest BCUT2D eigenvalue weighted by atomic mass is 16.2. The molecule has 0 saturated heterocycles. The van der Waals surface area contributed by atoms with Gasteiger partial charge < -0.3 is 9.88 Å². The predicted molar refractivity (Wildman–Crippen MR) is 75.6 cm³/mol. The minimum absolute atomic E-state index is 0.124. The number of aryl methyl sites for hydroxylation is 1. The van der Waals surface area contributed by atoms with Crippen LogP contribution in [0.5, 0.6) is 0 Å². The molecule has 0 atom stereocenters. The summed E-state index contributed by atoms with van der Waals surface area (Å²) in [4.78, 5) is 26.0. The van der Waals surface area contributed by atoms with Crippen LogP contribution in [-0.4, -0.2) is 15.5 Å². The normalized spacial score (nSPS) is 8.67. The van der Waals surface area contributed by atoms with Crippen LogP contribution in [0.15, 0.2) is 17.1 Å². The van der Waals surface area contributed by atoms with Crippen LogP contribution in [0.3, 0.4) is 0 Å². The number of hydrogen-bond donors (Lipinski definition) is 1. The molecular weight excluding hydrogens is 230 g/mol. The summed E-state index contributed by atoms with van der Waals surface area (Å²) in [6, 6.07) is 1.58. The molecule has 0 radical (unpaired) electrons. The molecule has 1 rings (SSSR count). The molecule has 18 heavy (non-hydrogen) atoms. The highest BCUT2D eigenvalue weighted by molar-refractivity contribution is 5.90. The van der Waals surface area contributed by atoms with Crippen molar-refractivity contribution in [2.45, 2.75) is 41.5 Å². The highest BCUT2D eigenvalue weighted by Gasteiger charge is 2.07. The van der Waals surface area contributed by atoms with Crippen LogP contribution in [0.25, 0.3) is 0 Å². The predicted octanol–water partition coefficient (Wildman–Crippen LogP) is 2.43. The van der Waals surface area contributed by atoms with Crippen molar-refractivity contribution in [3.05, 3.63) is 22.7 Å². The van der Waals surface area contributed by atoms with Crippen LogP contribution >= 0.6 is 0 Å². The molecule has 0 spiro atoms. The van der Waals surface area contributed by atoms with Crippen molar-refractivity contribution in [2.24, 2.45) is 13.0 Å². The van der Waals surface area contributed by atoms with Crippen molar-refractivity contribution in [3.63, 3.8) is 0 Å². The Kier molecular flexibility index (Phi) is 10.9. The van der Waals surface area contributed by atoms with Crippen molar-refractivity contribution in [1.82, 2.24) is 9.55 Å². The zero-order valence-corrected chi connectivity index (χ0v) is 12.4. The molecule has 0 bridgehead atoms. The van der Waals surface area contributed by atoms with Crippen LogP contribution in [0.4, 0.5) is 5.82 Å². The topological polar surface area (TPSA) is 64.0 Å². The largest absolute Gasteiger partial charge is 0.349 e. The van der Waals surface area contributed by atoms with E-state index in [1.807, 2.05) is 27.7 Å². The first-order valence-corrected chi connectivity index (χ1v) is 6.35. The van der Waals surface area contributed by atoms with E-state index in [0.717, 1.165) is 0 Å². The SMILES string of the molecule is CC.CC.CC(C)C(=O)Nc1ccn(C)c(=O)n1. The van der Waals surface area contributed by atoms with Gasteiger partial charge in [0.1, 0.15) is 5.82 Å². The highest BCUT2D eigenvalue weighted by Crippen LogP contribution is 2.01. The average Bonchev–Trinajstić information content (AvgIpc) is 2.38. The second-order valence-electron chi connectivity index (χ2n) is 3.35. The van der Waals surface area contributed by atoms with E-state index in [1.54, 1.807) is 33.2 Å². The Morgan fingerprint density at radius 1 is 1.28 bits per heavy atom. The Morgan fingerprint density at radius 2 is 1.78 bits per heavy atom. The Morgan fingerprint density at radius 3 is 2.17 bits per heavy atom. The van der Waals surface area contributed by atoms with E-state index in [0.29, 0.717) is 5.82 Å². The number of rotatable bonds is 2. The van der Waals surface area contributed by atoms with Crippen LogP contribution in [0.1, 0.15) is 41.5 Å². The maximum absolute atomic E-state index is 11.2. The summed E-state index contributed by atoms with van der Waals surface area (Å²) in [6.07, 6.45) is 1.56. The van der Waals surface area contributed by atoms with E-state index in [9.17, 15) is 9.59 Å². The van der Waals surface area contributed by atoms with Gasteiger partial charge in [-0.25, -0.2) is 4.79 Å². The third-order valence-corrected chi connectivity index (χ3v) is 1.75. The first kappa shape index (κ1) is 18.7. The number of carbonyl (C=O) groups excluding carboxylic acids is 1. The monoisotopic (exact) mass is 255 g/mol. The molecule has 1 amide bonds. The Labute approximate surface area is 109 Å². The minimum atomic E-state index is -0.383. The van der Waals surface area contributed by atoms with Gasteiger partial charge in [-0.15, -0.1) is 0 Å². The van der Waals surface area contributed by atoms with Gasteiger partial charge in [0, 0.05) is 19.2 Å². The van der Waals surface area contributed by atoms with Crippen molar-refractivity contribution >= 4 is 11.7 Å². The third kappa shape index (κ3) is 6.83. The lowest BCUT2D eigenvalue weighted by Crippen LogP contribution is -2.24. The Hall–Kier alpha value is -1.65. The summed E-state index contributed by atoms with van der Waals surface area (Å²) in [7, 11) is 1.60. The van der Waals surface area contributed by atoms with E-state index in [2.05, 4.69) is 10.3 Å². The number of nitrogens with one attached hydrogen (secondary N) is 1. The Balaban J connectivity index is 0. The molecule has 1 heterocycles. The van der Waals surface area contributed by atoms with Gasteiger partial charge in [-0.05, 0) is 6.07 Å². The fraction of sp³-hybridized carbons (Fsp3) is 0.615. The number of aromatic nitrogens is 2. The average molecular weight is 255 g/mol. The lowest BCUT2D eigenvalue weighted by Gasteiger charge is -2.06. The minimum Gasteiger partial charge on any atom is -0.310 e. The van der Waals surface area contributed by atoms with Crippen LogP contribution in [0, 0.1) is 5.92 Å². The smallest absolute Gasteiger partial charge is 0.310 e. The third-order valence-electron chi connectivity index (χ3n) is 1.75. The van der Waals surface area contributed by atoms with Crippen LogP contribution in [-0.2, 0) is 11.8 Å². The molecule has 0 aliphatic rings. The fourth-order valence-electron chi connectivity index (χ4n) is 0.806. The summed E-state index contributed by atoms with van der Waals surface area (Å²) in [6.45, 7) is 11.5. The second kappa shape index (κ2) is 10.5.